The summed E-state index contributed by atoms with van der Waals surface area (Å²) in [6.07, 6.45) is -4.67. The van der Waals surface area contributed by atoms with Gasteiger partial charge in [-0.2, -0.15) is 13.2 Å². The molecule has 1 aromatic rings. The Labute approximate surface area is 119 Å². The predicted molar refractivity (Wildman–Crippen MR) is 69.6 cm³/mol. The van der Waals surface area contributed by atoms with E-state index in [1.807, 2.05) is 0 Å². The van der Waals surface area contributed by atoms with E-state index in [0.717, 1.165) is 0 Å². The number of aromatic carboxylic acids is 1. The smallest absolute Gasteiger partial charge is 0.471 e. The van der Waals surface area contributed by atoms with Gasteiger partial charge in [0.1, 0.15) is 0 Å². The Balaban J connectivity index is 2.66. The summed E-state index contributed by atoms with van der Waals surface area (Å²) in [5.41, 5.74) is 0.707. The molecule has 0 spiro atoms. The van der Waals surface area contributed by atoms with Crippen LogP contribution in [0.5, 0.6) is 0 Å². The van der Waals surface area contributed by atoms with Crippen molar-refractivity contribution in [1.29, 1.82) is 0 Å². The summed E-state index contributed by atoms with van der Waals surface area (Å²) in [5, 5.41) is 9.23. The molecule has 1 heterocycles. The Morgan fingerprint density at radius 3 is 2.48 bits per heavy atom. The van der Waals surface area contributed by atoms with E-state index in [2.05, 4.69) is 0 Å². The highest BCUT2D eigenvalue weighted by atomic mass is 19.4. The minimum atomic E-state index is -5.03. The molecule has 1 amide bonds. The average Bonchev–Trinajstić information content (AvgIpc) is 2.37. The van der Waals surface area contributed by atoms with Crippen molar-refractivity contribution in [3.63, 3.8) is 0 Å². The number of fused-ring (bicyclic) bond motifs is 1. The summed E-state index contributed by atoms with van der Waals surface area (Å²) in [7, 11) is 0. The maximum absolute atomic E-state index is 12.7. The van der Waals surface area contributed by atoms with E-state index >= 15 is 0 Å². The van der Waals surface area contributed by atoms with Crippen molar-refractivity contribution in [2.75, 3.05) is 11.4 Å². The molecule has 21 heavy (non-hydrogen) atoms. The number of carbonyl (C=O) groups excluding carboxylic acids is 1. The van der Waals surface area contributed by atoms with E-state index in [-0.39, 0.29) is 23.7 Å². The zero-order chi connectivity index (χ0) is 15.9. The SMILES string of the molecule is Cc1cc(C(=O)O)c2c(c1)C(C)CCN2C(=O)C(F)(F)F. The fraction of sp³-hybridized carbons (Fsp3) is 0.429. The van der Waals surface area contributed by atoms with Crippen molar-refractivity contribution in [2.45, 2.75) is 32.4 Å². The van der Waals surface area contributed by atoms with E-state index in [1.165, 1.54) is 6.07 Å². The van der Waals surface area contributed by atoms with Crippen molar-refractivity contribution in [3.8, 4) is 0 Å². The first kappa shape index (κ1) is 15.3. The molecular weight excluding hydrogens is 287 g/mol. The van der Waals surface area contributed by atoms with Gasteiger partial charge in [0.2, 0.25) is 0 Å². The van der Waals surface area contributed by atoms with Crippen LogP contribution in [-0.4, -0.2) is 29.7 Å². The van der Waals surface area contributed by atoms with Crippen molar-refractivity contribution in [2.24, 2.45) is 0 Å². The Morgan fingerprint density at radius 2 is 1.95 bits per heavy atom. The van der Waals surface area contributed by atoms with Crippen molar-refractivity contribution < 1.29 is 27.9 Å². The van der Waals surface area contributed by atoms with Gasteiger partial charge < -0.3 is 10.0 Å². The van der Waals surface area contributed by atoms with Crippen molar-refractivity contribution >= 4 is 17.6 Å². The number of anilines is 1. The molecule has 2 rings (SSSR count). The molecule has 0 aromatic heterocycles. The highest BCUT2D eigenvalue weighted by Gasteiger charge is 2.45. The summed E-state index contributed by atoms with van der Waals surface area (Å²) in [6.45, 7) is 3.33. The van der Waals surface area contributed by atoms with Crippen LogP contribution in [-0.2, 0) is 4.79 Å². The summed E-state index contributed by atoms with van der Waals surface area (Å²) < 4.78 is 38.1. The number of alkyl halides is 3. The van der Waals surface area contributed by atoms with E-state index in [1.54, 1.807) is 19.9 Å². The van der Waals surface area contributed by atoms with Crippen LogP contribution in [0, 0.1) is 6.92 Å². The largest absolute Gasteiger partial charge is 0.478 e. The summed E-state index contributed by atoms with van der Waals surface area (Å²) in [5.74, 6) is -3.47. The molecular formula is C14H14F3NO3. The first-order chi connectivity index (χ1) is 9.62. The fourth-order valence-electron chi connectivity index (χ4n) is 2.59. The lowest BCUT2D eigenvalue weighted by Crippen LogP contribution is -2.45. The standard InChI is InChI=1S/C14H14F3NO3/c1-7-5-9-8(2)3-4-18(13(21)14(15,16)17)11(9)10(6-7)12(19)20/h5-6,8H,3-4H2,1-2H3,(H,19,20). The average molecular weight is 301 g/mol. The van der Waals surface area contributed by atoms with Crippen LogP contribution in [0.3, 0.4) is 0 Å². The van der Waals surface area contributed by atoms with Gasteiger partial charge in [0.15, 0.2) is 0 Å². The number of carboxylic acid groups (broad SMARTS) is 1. The molecule has 114 valence electrons. The lowest BCUT2D eigenvalue weighted by Gasteiger charge is -2.34. The molecule has 1 N–H and O–H groups in total. The number of rotatable bonds is 1. The molecule has 1 unspecified atom stereocenters. The third-order valence-electron chi connectivity index (χ3n) is 3.59. The zero-order valence-electron chi connectivity index (χ0n) is 11.5. The first-order valence-corrected chi connectivity index (χ1v) is 6.39. The van der Waals surface area contributed by atoms with Gasteiger partial charge >= 0.3 is 18.1 Å². The molecule has 0 bridgehead atoms. The number of hydrogen-bond acceptors (Lipinski definition) is 2. The number of carbonyl (C=O) groups is 2. The van der Waals surface area contributed by atoms with Crippen LogP contribution in [0.2, 0.25) is 0 Å². The van der Waals surface area contributed by atoms with Crippen LogP contribution in [0.4, 0.5) is 18.9 Å². The van der Waals surface area contributed by atoms with Crippen LogP contribution in [0.25, 0.3) is 0 Å². The van der Waals surface area contributed by atoms with Gasteiger partial charge in [0, 0.05) is 6.54 Å². The minimum Gasteiger partial charge on any atom is -0.478 e. The van der Waals surface area contributed by atoms with Crippen molar-refractivity contribution in [3.05, 3.63) is 28.8 Å². The number of amides is 1. The van der Waals surface area contributed by atoms with E-state index in [4.69, 9.17) is 0 Å². The number of aryl methyl sites for hydroxylation is 1. The molecule has 0 radical (unpaired) electrons. The lowest BCUT2D eigenvalue weighted by atomic mass is 9.87. The van der Waals surface area contributed by atoms with Crippen LogP contribution < -0.4 is 4.90 Å². The Morgan fingerprint density at radius 1 is 1.33 bits per heavy atom. The number of benzene rings is 1. The van der Waals surface area contributed by atoms with Gasteiger partial charge in [-0.05, 0) is 36.5 Å². The molecule has 0 aliphatic carbocycles. The van der Waals surface area contributed by atoms with Crippen LogP contribution >= 0.6 is 0 Å². The van der Waals surface area contributed by atoms with E-state index in [9.17, 15) is 27.9 Å². The molecule has 0 fully saturated rings. The summed E-state index contributed by atoms with van der Waals surface area (Å²) in [6, 6.07) is 2.93. The Hall–Kier alpha value is -2.05. The second kappa shape index (κ2) is 5.05. The van der Waals surface area contributed by atoms with Gasteiger partial charge in [0.05, 0.1) is 11.3 Å². The Kier molecular flexibility index (Phi) is 3.69. The second-order valence-electron chi connectivity index (χ2n) is 5.20. The maximum Gasteiger partial charge on any atom is 0.471 e. The molecule has 1 atom stereocenters. The van der Waals surface area contributed by atoms with Gasteiger partial charge in [-0.1, -0.05) is 13.0 Å². The van der Waals surface area contributed by atoms with Gasteiger partial charge in [-0.3, -0.25) is 4.79 Å². The van der Waals surface area contributed by atoms with Gasteiger partial charge in [0.25, 0.3) is 0 Å². The van der Waals surface area contributed by atoms with Gasteiger partial charge in [-0.15, -0.1) is 0 Å². The first-order valence-electron chi connectivity index (χ1n) is 6.39. The summed E-state index contributed by atoms with van der Waals surface area (Å²) >= 11 is 0. The fourth-order valence-corrected chi connectivity index (χ4v) is 2.59. The molecule has 1 aliphatic heterocycles. The monoisotopic (exact) mass is 301 g/mol. The zero-order valence-corrected chi connectivity index (χ0v) is 11.5. The maximum atomic E-state index is 12.7. The molecule has 7 heteroatoms. The molecule has 1 aromatic carbocycles. The minimum absolute atomic E-state index is 0.102. The van der Waals surface area contributed by atoms with E-state index in [0.29, 0.717) is 22.4 Å². The molecule has 0 saturated carbocycles. The normalized spacial score (nSPS) is 18.3. The van der Waals surface area contributed by atoms with Crippen LogP contribution in [0.1, 0.15) is 40.7 Å². The molecule has 4 nitrogen and oxygen atoms in total. The molecule has 0 saturated heterocycles. The highest BCUT2D eigenvalue weighted by Crippen LogP contribution is 2.40. The third-order valence-corrected chi connectivity index (χ3v) is 3.59. The highest BCUT2D eigenvalue weighted by molar-refractivity contribution is 6.05. The predicted octanol–water partition coefficient (Wildman–Crippen LogP) is 3.10. The Bertz CT molecular complexity index is 610. The molecule has 1 aliphatic rings. The number of carboxylic acids is 1. The van der Waals surface area contributed by atoms with Crippen LogP contribution in [0.15, 0.2) is 12.1 Å². The topological polar surface area (TPSA) is 57.6 Å². The van der Waals surface area contributed by atoms with Gasteiger partial charge in [-0.25, -0.2) is 4.79 Å². The van der Waals surface area contributed by atoms with Crippen molar-refractivity contribution in [1.82, 2.24) is 0 Å². The number of nitrogens with zero attached hydrogens (tertiary/aromatic N) is 1. The van der Waals surface area contributed by atoms with E-state index < -0.39 is 18.1 Å². The second-order valence-corrected chi connectivity index (χ2v) is 5.20. The number of halogens is 3. The summed E-state index contributed by atoms with van der Waals surface area (Å²) in [4.78, 5) is 23.4. The number of hydrogen-bond donors (Lipinski definition) is 1. The lowest BCUT2D eigenvalue weighted by molar-refractivity contribution is -0.170. The third kappa shape index (κ3) is 2.72. The quantitative estimate of drug-likeness (QED) is 0.867.